The summed E-state index contributed by atoms with van der Waals surface area (Å²) in [5, 5.41) is 0. The first-order valence-corrected chi connectivity index (χ1v) is 30.2. The van der Waals surface area contributed by atoms with E-state index in [1.54, 1.807) is 0 Å². The third-order valence-corrected chi connectivity index (χ3v) is 12.8. The Kier molecular flexibility index (Phi) is 56.8. The van der Waals surface area contributed by atoms with Gasteiger partial charge in [-0.15, -0.1) is 0 Å². The van der Waals surface area contributed by atoms with E-state index < -0.39 is 6.10 Å². The van der Waals surface area contributed by atoms with Crippen LogP contribution in [0.1, 0.15) is 284 Å². The minimum absolute atomic E-state index is 0.0812. The van der Waals surface area contributed by atoms with Crippen LogP contribution in [0.3, 0.4) is 0 Å². The molecule has 0 aromatic carbocycles. The summed E-state index contributed by atoms with van der Waals surface area (Å²) in [6, 6.07) is 0. The average Bonchev–Trinajstić information content (AvgIpc) is 3.38. The number of ether oxygens (including phenoxy) is 3. The van der Waals surface area contributed by atoms with Crippen molar-refractivity contribution in [3.05, 3.63) is 97.2 Å². The second-order valence-electron chi connectivity index (χ2n) is 19.9. The van der Waals surface area contributed by atoms with E-state index in [1.165, 1.54) is 122 Å². The molecule has 0 heterocycles. The molecule has 6 heteroatoms. The largest absolute Gasteiger partial charge is 0.462 e. The second kappa shape index (κ2) is 59.9. The summed E-state index contributed by atoms with van der Waals surface area (Å²) < 4.78 is 16.8. The molecule has 72 heavy (non-hydrogen) atoms. The summed E-state index contributed by atoms with van der Waals surface area (Å²) in [6.45, 7) is 6.47. The molecule has 6 nitrogen and oxygen atoms in total. The number of unbranched alkanes of at least 4 members (excludes halogenated alkanes) is 27. The topological polar surface area (TPSA) is 78.9 Å². The Morgan fingerprint density at radius 1 is 0.292 bits per heavy atom. The van der Waals surface area contributed by atoms with E-state index in [9.17, 15) is 14.4 Å². The molecule has 0 rings (SSSR count). The molecule has 0 aliphatic carbocycles. The van der Waals surface area contributed by atoms with E-state index in [0.717, 1.165) is 122 Å². The lowest BCUT2D eigenvalue weighted by Gasteiger charge is -2.18. The molecular weight excluding hydrogens is 889 g/mol. The number of hydrogen-bond donors (Lipinski definition) is 0. The molecule has 0 aliphatic heterocycles. The zero-order chi connectivity index (χ0) is 52.2. The van der Waals surface area contributed by atoms with E-state index in [1.807, 2.05) is 0 Å². The van der Waals surface area contributed by atoms with E-state index >= 15 is 0 Å². The number of carbonyl (C=O) groups is 3. The smallest absolute Gasteiger partial charge is 0.306 e. The predicted octanol–water partition coefficient (Wildman–Crippen LogP) is 20.5. The van der Waals surface area contributed by atoms with Crippen LogP contribution in [-0.4, -0.2) is 37.2 Å². The summed E-state index contributed by atoms with van der Waals surface area (Å²) in [5.41, 5.74) is 0. The van der Waals surface area contributed by atoms with Crippen molar-refractivity contribution in [1.29, 1.82) is 0 Å². The third-order valence-electron chi connectivity index (χ3n) is 12.8. The average molecular weight is 1000 g/mol. The van der Waals surface area contributed by atoms with Gasteiger partial charge in [-0.25, -0.2) is 0 Å². The monoisotopic (exact) mass is 1000 g/mol. The van der Waals surface area contributed by atoms with Crippen molar-refractivity contribution in [2.24, 2.45) is 0 Å². The van der Waals surface area contributed by atoms with Gasteiger partial charge >= 0.3 is 17.9 Å². The number of allylic oxidation sites excluding steroid dienone is 16. The Morgan fingerprint density at radius 3 is 0.875 bits per heavy atom. The lowest BCUT2D eigenvalue weighted by Crippen LogP contribution is -2.30. The Labute approximate surface area is 445 Å². The molecule has 0 amide bonds. The van der Waals surface area contributed by atoms with Crippen LogP contribution in [0, 0.1) is 0 Å². The highest BCUT2D eigenvalue weighted by atomic mass is 16.6. The standard InChI is InChI=1S/C66H112O6/c1-4-7-10-13-16-19-21-23-25-26-27-28-29-30-31-32-33-34-35-36-37-38-39-40-42-43-45-47-50-53-56-59-65(68)71-62-63(61-70-64(67)58-55-52-49-18-15-12-9-6-3)72-66(69)60-57-54-51-48-46-44-41-24-22-20-17-14-11-8-5-2/h7,10,16-17,19-20,23-25,27-28,30-31,33-34,41,63H,4-6,8-9,11-15,18,21-22,26,29,32,35-40,42-62H2,1-3H3/b10-7-,19-16-,20-17-,25-23-,28-27-,31-30-,34-33-,41-24-. The van der Waals surface area contributed by atoms with Crippen molar-refractivity contribution < 1.29 is 28.6 Å². The molecule has 412 valence electrons. The zero-order valence-corrected chi connectivity index (χ0v) is 47.2. The first-order chi connectivity index (χ1) is 35.5. The van der Waals surface area contributed by atoms with Gasteiger partial charge < -0.3 is 14.2 Å². The summed E-state index contributed by atoms with van der Waals surface area (Å²) in [5.74, 6) is -0.897. The maximum atomic E-state index is 12.8. The van der Waals surface area contributed by atoms with E-state index in [0.29, 0.717) is 19.3 Å². The molecule has 0 aromatic rings. The summed E-state index contributed by atoms with van der Waals surface area (Å²) >= 11 is 0. The van der Waals surface area contributed by atoms with Crippen molar-refractivity contribution in [2.75, 3.05) is 13.2 Å². The molecule has 0 radical (unpaired) electrons. The van der Waals surface area contributed by atoms with E-state index in [2.05, 4.69) is 118 Å². The van der Waals surface area contributed by atoms with Crippen LogP contribution < -0.4 is 0 Å². The Bertz CT molecular complexity index is 1430. The normalized spacial score (nSPS) is 12.8. The summed E-state index contributed by atoms with van der Waals surface area (Å²) in [6.07, 6.45) is 80.0. The fourth-order valence-corrected chi connectivity index (χ4v) is 8.30. The number of esters is 3. The van der Waals surface area contributed by atoms with Crippen molar-refractivity contribution >= 4 is 17.9 Å². The van der Waals surface area contributed by atoms with Gasteiger partial charge in [-0.3, -0.25) is 14.4 Å². The molecule has 0 bridgehead atoms. The van der Waals surface area contributed by atoms with Gasteiger partial charge in [0.05, 0.1) is 0 Å². The van der Waals surface area contributed by atoms with Crippen LogP contribution in [0.4, 0.5) is 0 Å². The van der Waals surface area contributed by atoms with Crippen molar-refractivity contribution in [2.45, 2.75) is 290 Å². The maximum absolute atomic E-state index is 12.8. The first kappa shape index (κ1) is 68.3. The Balaban J connectivity index is 4.13. The molecule has 0 aromatic heterocycles. The summed E-state index contributed by atoms with van der Waals surface area (Å²) in [4.78, 5) is 38.0. The highest BCUT2D eigenvalue weighted by Gasteiger charge is 2.19. The molecule has 0 spiro atoms. The first-order valence-electron chi connectivity index (χ1n) is 30.2. The van der Waals surface area contributed by atoms with Gasteiger partial charge in [0.1, 0.15) is 13.2 Å². The Morgan fingerprint density at radius 2 is 0.542 bits per heavy atom. The van der Waals surface area contributed by atoms with Gasteiger partial charge in [-0.2, -0.15) is 0 Å². The maximum Gasteiger partial charge on any atom is 0.306 e. The number of hydrogen-bond acceptors (Lipinski definition) is 6. The van der Waals surface area contributed by atoms with Crippen LogP contribution in [0.5, 0.6) is 0 Å². The lowest BCUT2D eigenvalue weighted by atomic mass is 10.0. The molecular formula is C66H112O6. The van der Waals surface area contributed by atoms with Gasteiger partial charge in [-0.1, -0.05) is 259 Å². The molecule has 0 saturated heterocycles. The fraction of sp³-hybridized carbons (Fsp3) is 0.712. The van der Waals surface area contributed by atoms with Crippen LogP contribution >= 0.6 is 0 Å². The quantitative estimate of drug-likeness (QED) is 0.0261. The number of rotatable bonds is 54. The van der Waals surface area contributed by atoms with Crippen molar-refractivity contribution in [1.82, 2.24) is 0 Å². The van der Waals surface area contributed by atoms with Gasteiger partial charge in [0.15, 0.2) is 6.10 Å². The SMILES string of the molecule is CC/C=C\C/C=C\C/C=C\C/C=C\C/C=C\C/C=C\CCCCCCCCCCCCCCC(=O)OCC(COC(=O)CCCCCCCCCC)OC(=O)CCCCCCC/C=C\C/C=C\CCCCC. The van der Waals surface area contributed by atoms with Crippen LogP contribution in [0.2, 0.25) is 0 Å². The Hall–Kier alpha value is -3.67. The zero-order valence-electron chi connectivity index (χ0n) is 47.2. The molecule has 0 fully saturated rings. The van der Waals surface area contributed by atoms with Crippen molar-refractivity contribution in [3.8, 4) is 0 Å². The van der Waals surface area contributed by atoms with Gasteiger partial charge in [-0.05, 0) is 103 Å². The fourth-order valence-electron chi connectivity index (χ4n) is 8.30. The minimum Gasteiger partial charge on any atom is -0.462 e. The highest BCUT2D eigenvalue weighted by Crippen LogP contribution is 2.15. The molecule has 0 aliphatic rings. The molecule has 1 atom stereocenters. The predicted molar refractivity (Wildman–Crippen MR) is 311 cm³/mol. The van der Waals surface area contributed by atoms with E-state index in [-0.39, 0.29) is 31.1 Å². The number of carbonyl (C=O) groups excluding carboxylic acids is 3. The van der Waals surface area contributed by atoms with Gasteiger partial charge in [0.25, 0.3) is 0 Å². The molecule has 1 unspecified atom stereocenters. The van der Waals surface area contributed by atoms with E-state index in [4.69, 9.17) is 14.2 Å². The van der Waals surface area contributed by atoms with Crippen molar-refractivity contribution in [3.63, 3.8) is 0 Å². The summed E-state index contributed by atoms with van der Waals surface area (Å²) in [7, 11) is 0. The van der Waals surface area contributed by atoms with Gasteiger partial charge in [0, 0.05) is 19.3 Å². The molecule has 0 N–H and O–H groups in total. The van der Waals surface area contributed by atoms with Gasteiger partial charge in [0.2, 0.25) is 0 Å². The minimum atomic E-state index is -0.782. The lowest BCUT2D eigenvalue weighted by molar-refractivity contribution is -0.167. The van der Waals surface area contributed by atoms with Crippen LogP contribution in [0.25, 0.3) is 0 Å². The molecule has 0 saturated carbocycles. The van der Waals surface area contributed by atoms with Crippen LogP contribution in [0.15, 0.2) is 97.2 Å². The second-order valence-corrected chi connectivity index (χ2v) is 19.9. The van der Waals surface area contributed by atoms with Crippen LogP contribution in [-0.2, 0) is 28.6 Å². The third kappa shape index (κ3) is 57.2. The highest BCUT2D eigenvalue weighted by molar-refractivity contribution is 5.71.